The Bertz CT molecular complexity index is 460. The zero-order chi connectivity index (χ0) is 13.2. The highest BCUT2D eigenvalue weighted by atomic mass is 16.6. The molecule has 1 aliphatic rings. The highest BCUT2D eigenvalue weighted by molar-refractivity contribution is 5.89. The second kappa shape index (κ2) is 4.86. The lowest BCUT2D eigenvalue weighted by atomic mass is 9.92. The number of hydrogen-bond acceptors (Lipinski definition) is 4. The zero-order valence-corrected chi connectivity index (χ0v) is 10.2. The van der Waals surface area contributed by atoms with Crippen molar-refractivity contribution in [2.45, 2.75) is 31.8 Å². The second-order valence-electron chi connectivity index (χ2n) is 4.71. The lowest BCUT2D eigenvalue weighted by Crippen LogP contribution is -2.35. The number of ether oxygens (including phenoxy) is 1. The van der Waals surface area contributed by atoms with Crippen LogP contribution in [0, 0.1) is 10.1 Å². The van der Waals surface area contributed by atoms with Crippen LogP contribution in [0.15, 0.2) is 24.3 Å². The van der Waals surface area contributed by atoms with E-state index >= 15 is 0 Å². The molecule has 1 aromatic rings. The van der Waals surface area contributed by atoms with Crippen molar-refractivity contribution in [2.75, 3.05) is 6.61 Å². The maximum Gasteiger partial charge on any atom is 0.269 e. The first-order chi connectivity index (χ1) is 8.51. The largest absolute Gasteiger partial charge is 0.367 e. The smallest absolute Gasteiger partial charge is 0.269 e. The SMILES string of the molecule is CC1(C(=O)Cc2ccc([N+](=O)[O-])cc2)CCCO1. The number of non-ortho nitro benzene ring substituents is 1. The van der Waals surface area contributed by atoms with Crippen molar-refractivity contribution in [3.05, 3.63) is 39.9 Å². The third-order valence-corrected chi connectivity index (χ3v) is 3.32. The summed E-state index contributed by atoms with van der Waals surface area (Å²) < 4.78 is 5.48. The van der Waals surface area contributed by atoms with Gasteiger partial charge in [0.25, 0.3) is 5.69 Å². The molecule has 2 rings (SSSR count). The third-order valence-electron chi connectivity index (χ3n) is 3.32. The second-order valence-corrected chi connectivity index (χ2v) is 4.71. The molecule has 0 N–H and O–H groups in total. The first-order valence-corrected chi connectivity index (χ1v) is 5.92. The molecule has 18 heavy (non-hydrogen) atoms. The Morgan fingerprint density at radius 3 is 2.61 bits per heavy atom. The number of Topliss-reactive ketones (excluding diaryl/α,β-unsaturated/α-hetero) is 1. The number of nitro groups is 1. The van der Waals surface area contributed by atoms with E-state index in [-0.39, 0.29) is 17.9 Å². The van der Waals surface area contributed by atoms with Crippen molar-refractivity contribution < 1.29 is 14.5 Å². The number of hydrogen-bond donors (Lipinski definition) is 0. The molecule has 0 saturated carbocycles. The van der Waals surface area contributed by atoms with Gasteiger partial charge in [0, 0.05) is 25.2 Å². The Balaban J connectivity index is 2.05. The normalized spacial score (nSPS) is 22.9. The fraction of sp³-hybridized carbons (Fsp3) is 0.462. The highest BCUT2D eigenvalue weighted by Crippen LogP contribution is 2.27. The predicted molar refractivity (Wildman–Crippen MR) is 65.4 cm³/mol. The molecule has 0 radical (unpaired) electrons. The van der Waals surface area contributed by atoms with Crippen molar-refractivity contribution in [1.82, 2.24) is 0 Å². The number of rotatable bonds is 4. The average molecular weight is 249 g/mol. The van der Waals surface area contributed by atoms with Crippen LogP contribution in [0.2, 0.25) is 0 Å². The summed E-state index contributed by atoms with van der Waals surface area (Å²) in [6, 6.07) is 6.07. The molecule has 1 aromatic carbocycles. The number of benzene rings is 1. The van der Waals surface area contributed by atoms with E-state index in [1.165, 1.54) is 12.1 Å². The molecule has 0 aliphatic carbocycles. The Kier molecular flexibility index (Phi) is 3.43. The van der Waals surface area contributed by atoms with Gasteiger partial charge in [0.2, 0.25) is 0 Å². The van der Waals surface area contributed by atoms with Crippen molar-refractivity contribution in [3.63, 3.8) is 0 Å². The van der Waals surface area contributed by atoms with Crippen LogP contribution in [0.3, 0.4) is 0 Å². The summed E-state index contributed by atoms with van der Waals surface area (Å²) in [5, 5.41) is 10.5. The van der Waals surface area contributed by atoms with Gasteiger partial charge in [-0.25, -0.2) is 0 Å². The standard InChI is InChI=1S/C13H15NO4/c1-13(7-2-8-18-13)12(15)9-10-3-5-11(6-4-10)14(16)17/h3-6H,2,7-9H2,1H3. The van der Waals surface area contributed by atoms with E-state index in [0.29, 0.717) is 6.61 Å². The Hall–Kier alpha value is -1.75. The van der Waals surface area contributed by atoms with Crippen molar-refractivity contribution in [3.8, 4) is 0 Å². The number of ketones is 1. The van der Waals surface area contributed by atoms with E-state index in [2.05, 4.69) is 0 Å². The van der Waals surface area contributed by atoms with Crippen LogP contribution < -0.4 is 0 Å². The van der Waals surface area contributed by atoms with Crippen molar-refractivity contribution in [2.24, 2.45) is 0 Å². The molecule has 5 heteroatoms. The van der Waals surface area contributed by atoms with Crippen molar-refractivity contribution >= 4 is 11.5 Å². The fourth-order valence-electron chi connectivity index (χ4n) is 2.11. The molecule has 0 aromatic heterocycles. The lowest BCUT2D eigenvalue weighted by Gasteiger charge is -2.21. The van der Waals surface area contributed by atoms with Gasteiger partial charge >= 0.3 is 0 Å². The quantitative estimate of drug-likeness (QED) is 0.606. The van der Waals surface area contributed by atoms with Gasteiger partial charge in [0.05, 0.1) is 4.92 Å². The van der Waals surface area contributed by atoms with Gasteiger partial charge in [0.1, 0.15) is 5.60 Å². The molecule has 1 fully saturated rings. The molecule has 1 saturated heterocycles. The van der Waals surface area contributed by atoms with Gasteiger partial charge in [-0.2, -0.15) is 0 Å². The van der Waals surface area contributed by atoms with Crippen LogP contribution in [0.4, 0.5) is 5.69 Å². The molecule has 96 valence electrons. The molecule has 0 bridgehead atoms. The van der Waals surface area contributed by atoms with E-state index in [1.54, 1.807) is 12.1 Å². The number of carbonyl (C=O) groups excluding carboxylic acids is 1. The van der Waals surface area contributed by atoms with E-state index < -0.39 is 10.5 Å². The van der Waals surface area contributed by atoms with Gasteiger partial charge in [-0.1, -0.05) is 12.1 Å². The number of carbonyl (C=O) groups is 1. The first kappa shape index (κ1) is 12.7. The number of nitro benzene ring substituents is 1. The molecule has 5 nitrogen and oxygen atoms in total. The maximum absolute atomic E-state index is 12.1. The molecular weight excluding hydrogens is 234 g/mol. The molecule has 0 spiro atoms. The van der Waals surface area contributed by atoms with Gasteiger partial charge < -0.3 is 4.74 Å². The van der Waals surface area contributed by atoms with Gasteiger partial charge in [0.15, 0.2) is 5.78 Å². The van der Waals surface area contributed by atoms with E-state index in [9.17, 15) is 14.9 Å². The summed E-state index contributed by atoms with van der Waals surface area (Å²) in [7, 11) is 0. The number of nitrogens with zero attached hydrogens (tertiary/aromatic N) is 1. The minimum absolute atomic E-state index is 0.0360. The van der Waals surface area contributed by atoms with Crippen LogP contribution in [0.5, 0.6) is 0 Å². The van der Waals surface area contributed by atoms with Crippen LogP contribution in [0.1, 0.15) is 25.3 Å². The average Bonchev–Trinajstić information content (AvgIpc) is 2.78. The summed E-state index contributed by atoms with van der Waals surface area (Å²) in [6.45, 7) is 2.44. The van der Waals surface area contributed by atoms with Crippen molar-refractivity contribution in [1.29, 1.82) is 0 Å². The Morgan fingerprint density at radius 1 is 1.44 bits per heavy atom. The summed E-state index contributed by atoms with van der Waals surface area (Å²) in [4.78, 5) is 22.2. The Morgan fingerprint density at radius 2 is 2.11 bits per heavy atom. The van der Waals surface area contributed by atoms with E-state index in [0.717, 1.165) is 18.4 Å². The van der Waals surface area contributed by atoms with E-state index in [4.69, 9.17) is 4.74 Å². The third kappa shape index (κ3) is 2.56. The van der Waals surface area contributed by atoms with E-state index in [1.807, 2.05) is 6.92 Å². The molecule has 1 atom stereocenters. The molecular formula is C13H15NO4. The lowest BCUT2D eigenvalue weighted by molar-refractivity contribution is -0.384. The van der Waals surface area contributed by atoms with Crippen LogP contribution in [-0.4, -0.2) is 22.9 Å². The summed E-state index contributed by atoms with van der Waals surface area (Å²) in [6.07, 6.45) is 1.91. The monoisotopic (exact) mass is 249 g/mol. The van der Waals surface area contributed by atoms with Crippen LogP contribution in [0.25, 0.3) is 0 Å². The highest BCUT2D eigenvalue weighted by Gasteiger charge is 2.36. The summed E-state index contributed by atoms with van der Waals surface area (Å²) in [5.74, 6) is 0.0360. The van der Waals surface area contributed by atoms with Crippen LogP contribution in [-0.2, 0) is 16.0 Å². The minimum atomic E-state index is -0.679. The molecule has 0 amide bonds. The maximum atomic E-state index is 12.1. The molecule has 1 aliphatic heterocycles. The van der Waals surface area contributed by atoms with Gasteiger partial charge in [-0.3, -0.25) is 14.9 Å². The topological polar surface area (TPSA) is 69.4 Å². The molecule has 1 unspecified atom stereocenters. The predicted octanol–water partition coefficient (Wildman–Crippen LogP) is 2.28. The van der Waals surface area contributed by atoms with Gasteiger partial charge in [-0.05, 0) is 25.3 Å². The minimum Gasteiger partial charge on any atom is -0.367 e. The van der Waals surface area contributed by atoms with Gasteiger partial charge in [-0.15, -0.1) is 0 Å². The summed E-state index contributed by atoms with van der Waals surface area (Å²) in [5.41, 5.74) is 0.138. The summed E-state index contributed by atoms with van der Waals surface area (Å²) >= 11 is 0. The Labute approximate surface area is 105 Å². The molecule has 1 heterocycles. The fourth-order valence-corrected chi connectivity index (χ4v) is 2.11. The van der Waals surface area contributed by atoms with Crippen LogP contribution >= 0.6 is 0 Å². The first-order valence-electron chi connectivity index (χ1n) is 5.92. The zero-order valence-electron chi connectivity index (χ0n) is 10.2.